The highest BCUT2D eigenvalue weighted by Gasteiger charge is 2.15. The first-order chi connectivity index (χ1) is 13.1. The monoisotopic (exact) mass is 381 g/mol. The van der Waals surface area contributed by atoms with Crippen molar-refractivity contribution < 1.29 is 23.4 Å². The molecule has 1 aromatic carbocycles. The average molecular weight is 381 g/mol. The fraction of sp³-hybridized carbons (Fsp3) is 0.667. The van der Waals surface area contributed by atoms with Crippen LogP contribution >= 0.6 is 0 Å². The fourth-order valence-electron chi connectivity index (χ4n) is 3.25. The SMILES string of the molecule is CC(C)c1ccc(F)cc1OCCOCCNC(=O)OCC1CCCCC1. The number of hydrogen-bond acceptors (Lipinski definition) is 4. The molecule has 1 aliphatic rings. The van der Waals surface area contributed by atoms with Crippen LogP contribution in [-0.2, 0) is 9.47 Å². The van der Waals surface area contributed by atoms with E-state index in [2.05, 4.69) is 5.32 Å². The Labute approximate surface area is 161 Å². The van der Waals surface area contributed by atoms with Crippen molar-refractivity contribution in [2.24, 2.45) is 5.92 Å². The molecule has 1 saturated carbocycles. The summed E-state index contributed by atoms with van der Waals surface area (Å²) in [5, 5.41) is 2.69. The fourth-order valence-corrected chi connectivity index (χ4v) is 3.25. The third-order valence-corrected chi connectivity index (χ3v) is 4.77. The quantitative estimate of drug-likeness (QED) is 0.599. The molecular formula is C21H32FNO4. The lowest BCUT2D eigenvalue weighted by Gasteiger charge is -2.21. The number of halogens is 1. The molecule has 1 amide bonds. The Hall–Kier alpha value is -1.82. The van der Waals surface area contributed by atoms with Crippen LogP contribution in [0, 0.1) is 11.7 Å². The van der Waals surface area contributed by atoms with Crippen molar-refractivity contribution in [1.29, 1.82) is 0 Å². The molecule has 1 aliphatic carbocycles. The van der Waals surface area contributed by atoms with E-state index >= 15 is 0 Å². The summed E-state index contributed by atoms with van der Waals surface area (Å²) in [6.45, 7) is 6.04. The molecule has 6 heteroatoms. The van der Waals surface area contributed by atoms with Crippen LogP contribution in [0.3, 0.4) is 0 Å². The minimum atomic E-state index is -0.387. The normalized spacial score (nSPS) is 15.0. The van der Waals surface area contributed by atoms with Crippen molar-refractivity contribution in [3.05, 3.63) is 29.6 Å². The molecule has 0 aliphatic heterocycles. The third-order valence-electron chi connectivity index (χ3n) is 4.77. The number of alkyl carbamates (subject to hydrolysis) is 1. The van der Waals surface area contributed by atoms with Gasteiger partial charge in [0.1, 0.15) is 18.2 Å². The van der Waals surface area contributed by atoms with Crippen LogP contribution in [0.25, 0.3) is 0 Å². The van der Waals surface area contributed by atoms with Crippen LogP contribution in [0.1, 0.15) is 57.4 Å². The number of amides is 1. The molecule has 0 bridgehead atoms. The molecule has 2 rings (SSSR count). The molecule has 27 heavy (non-hydrogen) atoms. The smallest absolute Gasteiger partial charge is 0.407 e. The van der Waals surface area contributed by atoms with Gasteiger partial charge in [-0.1, -0.05) is 39.2 Å². The highest BCUT2D eigenvalue weighted by molar-refractivity contribution is 5.67. The molecule has 0 saturated heterocycles. The summed E-state index contributed by atoms with van der Waals surface area (Å²) in [5.41, 5.74) is 0.971. The Morgan fingerprint density at radius 1 is 1.19 bits per heavy atom. The molecule has 0 heterocycles. The van der Waals surface area contributed by atoms with Crippen molar-refractivity contribution in [2.75, 3.05) is 33.0 Å². The van der Waals surface area contributed by atoms with E-state index in [0.717, 1.165) is 18.4 Å². The minimum absolute atomic E-state index is 0.255. The summed E-state index contributed by atoms with van der Waals surface area (Å²) in [4.78, 5) is 11.6. The number of ether oxygens (including phenoxy) is 3. The predicted molar refractivity (Wildman–Crippen MR) is 103 cm³/mol. The van der Waals surface area contributed by atoms with Gasteiger partial charge in [0, 0.05) is 12.6 Å². The molecule has 0 aromatic heterocycles. The van der Waals surface area contributed by atoms with E-state index in [0.29, 0.717) is 44.6 Å². The summed E-state index contributed by atoms with van der Waals surface area (Å²) in [6.07, 6.45) is 5.68. The molecule has 1 aromatic rings. The minimum Gasteiger partial charge on any atom is -0.491 e. The predicted octanol–water partition coefficient (Wildman–Crippen LogP) is 4.65. The standard InChI is InChI=1S/C21H32FNO4/c1-16(2)19-9-8-18(22)14-20(19)26-13-12-25-11-10-23-21(24)27-15-17-6-4-3-5-7-17/h8-9,14,16-17H,3-7,10-13,15H2,1-2H3,(H,23,24). The second-order valence-electron chi connectivity index (χ2n) is 7.33. The number of carbonyl (C=O) groups is 1. The zero-order valence-electron chi connectivity index (χ0n) is 16.5. The van der Waals surface area contributed by atoms with E-state index in [1.54, 1.807) is 6.07 Å². The lowest BCUT2D eigenvalue weighted by Crippen LogP contribution is -2.30. The van der Waals surface area contributed by atoms with E-state index in [1.165, 1.54) is 31.4 Å². The summed E-state index contributed by atoms with van der Waals surface area (Å²) < 4.78 is 29.7. The van der Waals surface area contributed by atoms with Gasteiger partial charge in [-0.3, -0.25) is 0 Å². The van der Waals surface area contributed by atoms with Gasteiger partial charge in [0.25, 0.3) is 0 Å². The van der Waals surface area contributed by atoms with Crippen LogP contribution < -0.4 is 10.1 Å². The Balaban J connectivity index is 1.52. The highest BCUT2D eigenvalue weighted by Crippen LogP contribution is 2.27. The van der Waals surface area contributed by atoms with Crippen molar-refractivity contribution in [2.45, 2.75) is 51.9 Å². The topological polar surface area (TPSA) is 56.8 Å². The van der Waals surface area contributed by atoms with Gasteiger partial charge in [-0.2, -0.15) is 0 Å². The van der Waals surface area contributed by atoms with Crippen molar-refractivity contribution in [1.82, 2.24) is 5.32 Å². The molecule has 152 valence electrons. The molecule has 0 spiro atoms. The summed E-state index contributed by atoms with van der Waals surface area (Å²) in [5.74, 6) is 1.01. The van der Waals surface area contributed by atoms with Gasteiger partial charge in [-0.15, -0.1) is 0 Å². The molecule has 0 unspecified atom stereocenters. The first kappa shape index (κ1) is 21.5. The van der Waals surface area contributed by atoms with Gasteiger partial charge < -0.3 is 19.5 Å². The van der Waals surface area contributed by atoms with Gasteiger partial charge in [-0.05, 0) is 36.3 Å². The summed E-state index contributed by atoms with van der Waals surface area (Å²) in [7, 11) is 0. The molecule has 0 atom stereocenters. The van der Waals surface area contributed by atoms with Crippen LogP contribution in [0.2, 0.25) is 0 Å². The second-order valence-corrected chi connectivity index (χ2v) is 7.33. The van der Waals surface area contributed by atoms with E-state index in [1.807, 2.05) is 13.8 Å². The first-order valence-electron chi connectivity index (χ1n) is 9.97. The number of hydrogen-bond donors (Lipinski definition) is 1. The average Bonchev–Trinajstić information content (AvgIpc) is 2.66. The van der Waals surface area contributed by atoms with Gasteiger partial charge >= 0.3 is 6.09 Å². The molecule has 1 N–H and O–H groups in total. The summed E-state index contributed by atoms with van der Waals surface area (Å²) in [6, 6.07) is 4.59. The Morgan fingerprint density at radius 3 is 2.70 bits per heavy atom. The molecule has 0 radical (unpaired) electrons. The third kappa shape index (κ3) is 8.16. The van der Waals surface area contributed by atoms with E-state index in [4.69, 9.17) is 14.2 Å². The zero-order chi connectivity index (χ0) is 19.5. The highest BCUT2D eigenvalue weighted by atomic mass is 19.1. The van der Waals surface area contributed by atoms with Crippen molar-refractivity contribution in [3.8, 4) is 5.75 Å². The lowest BCUT2D eigenvalue weighted by atomic mass is 9.90. The maximum Gasteiger partial charge on any atom is 0.407 e. The van der Waals surface area contributed by atoms with Crippen LogP contribution in [-0.4, -0.2) is 39.1 Å². The Kier molecular flexibility index (Phi) is 9.39. The zero-order valence-corrected chi connectivity index (χ0v) is 16.5. The largest absolute Gasteiger partial charge is 0.491 e. The number of nitrogens with one attached hydrogen (secondary N) is 1. The maximum absolute atomic E-state index is 13.4. The molecule has 1 fully saturated rings. The number of carbonyl (C=O) groups excluding carboxylic acids is 1. The van der Waals surface area contributed by atoms with E-state index in [-0.39, 0.29) is 17.8 Å². The van der Waals surface area contributed by atoms with Gasteiger partial charge in [0.2, 0.25) is 0 Å². The van der Waals surface area contributed by atoms with Crippen LogP contribution in [0.15, 0.2) is 18.2 Å². The number of rotatable bonds is 10. The molecular weight excluding hydrogens is 349 g/mol. The first-order valence-corrected chi connectivity index (χ1v) is 9.97. The van der Waals surface area contributed by atoms with Gasteiger partial charge in [0.05, 0.1) is 19.8 Å². The second kappa shape index (κ2) is 11.8. The lowest BCUT2D eigenvalue weighted by molar-refractivity contribution is 0.0921. The maximum atomic E-state index is 13.4. The van der Waals surface area contributed by atoms with Crippen molar-refractivity contribution >= 4 is 6.09 Å². The van der Waals surface area contributed by atoms with Crippen molar-refractivity contribution in [3.63, 3.8) is 0 Å². The summed E-state index contributed by atoms with van der Waals surface area (Å²) >= 11 is 0. The van der Waals surface area contributed by atoms with E-state index in [9.17, 15) is 9.18 Å². The van der Waals surface area contributed by atoms with Crippen LogP contribution in [0.5, 0.6) is 5.75 Å². The Bertz CT molecular complexity index is 573. The number of benzene rings is 1. The van der Waals surface area contributed by atoms with E-state index < -0.39 is 0 Å². The van der Waals surface area contributed by atoms with Crippen LogP contribution in [0.4, 0.5) is 9.18 Å². The Morgan fingerprint density at radius 2 is 1.96 bits per heavy atom. The van der Waals surface area contributed by atoms with Gasteiger partial charge in [-0.25, -0.2) is 9.18 Å². The van der Waals surface area contributed by atoms with Gasteiger partial charge in [0.15, 0.2) is 0 Å². The molecule has 5 nitrogen and oxygen atoms in total.